The van der Waals surface area contributed by atoms with Gasteiger partial charge in [-0.1, -0.05) is 0 Å². The molecule has 7 nitrogen and oxygen atoms in total. The Hall–Kier alpha value is -2.44. The zero-order chi connectivity index (χ0) is 15.0. The molecule has 2 fully saturated rings. The molecular formula is C14H15N3O4. The van der Waals surface area contributed by atoms with Gasteiger partial charge >= 0.3 is 0 Å². The Labute approximate surface area is 121 Å². The summed E-state index contributed by atoms with van der Waals surface area (Å²) in [7, 11) is 0. The molecule has 0 radical (unpaired) electrons. The lowest BCUT2D eigenvalue weighted by molar-refractivity contribution is -0.384. The topological polar surface area (TPSA) is 83.8 Å². The van der Waals surface area contributed by atoms with Crippen LogP contribution in [0.15, 0.2) is 18.2 Å². The lowest BCUT2D eigenvalue weighted by atomic mass is 10.2. The van der Waals surface area contributed by atoms with Crippen molar-refractivity contribution in [3.05, 3.63) is 28.3 Å². The molecule has 7 heteroatoms. The van der Waals surface area contributed by atoms with E-state index in [-0.39, 0.29) is 17.5 Å². The fourth-order valence-corrected chi connectivity index (χ4v) is 2.87. The van der Waals surface area contributed by atoms with Crippen molar-refractivity contribution in [2.24, 2.45) is 0 Å². The van der Waals surface area contributed by atoms with Crippen molar-refractivity contribution in [2.45, 2.75) is 25.7 Å². The number of amides is 2. The molecule has 0 spiro atoms. The standard InChI is InChI=1S/C14H15N3O4/c18-13-3-1-7-15(13)10-5-6-11(17(20)21)12(9-10)16-8-2-4-14(16)19/h5-6,9H,1-4,7-8H2. The van der Waals surface area contributed by atoms with Gasteiger partial charge in [0.25, 0.3) is 5.69 Å². The summed E-state index contributed by atoms with van der Waals surface area (Å²) in [6.07, 6.45) is 2.38. The van der Waals surface area contributed by atoms with Gasteiger partial charge < -0.3 is 9.80 Å². The summed E-state index contributed by atoms with van der Waals surface area (Å²) in [6.45, 7) is 1.10. The van der Waals surface area contributed by atoms with Crippen LogP contribution in [0, 0.1) is 10.1 Å². The second-order valence-corrected chi connectivity index (χ2v) is 5.23. The molecule has 110 valence electrons. The van der Waals surface area contributed by atoms with Gasteiger partial charge in [0.05, 0.1) is 4.92 Å². The largest absolute Gasteiger partial charge is 0.312 e. The molecule has 1 aromatic carbocycles. The highest BCUT2D eigenvalue weighted by Crippen LogP contribution is 2.35. The Kier molecular flexibility index (Phi) is 3.32. The maximum atomic E-state index is 11.9. The third-order valence-electron chi connectivity index (χ3n) is 3.90. The number of rotatable bonds is 3. The van der Waals surface area contributed by atoms with Gasteiger partial charge in [0.1, 0.15) is 5.69 Å². The summed E-state index contributed by atoms with van der Waals surface area (Å²) >= 11 is 0. The van der Waals surface area contributed by atoms with Crippen LogP contribution in [-0.4, -0.2) is 29.8 Å². The molecule has 0 unspecified atom stereocenters. The van der Waals surface area contributed by atoms with Crippen molar-refractivity contribution in [1.29, 1.82) is 0 Å². The number of nitrogens with zero attached hydrogens (tertiary/aromatic N) is 3. The van der Waals surface area contributed by atoms with Crippen molar-refractivity contribution < 1.29 is 14.5 Å². The molecule has 2 amide bonds. The van der Waals surface area contributed by atoms with Gasteiger partial charge in [0, 0.05) is 37.7 Å². The molecule has 0 atom stereocenters. The van der Waals surface area contributed by atoms with Gasteiger partial charge in [0.15, 0.2) is 0 Å². The van der Waals surface area contributed by atoms with Crippen LogP contribution in [0.1, 0.15) is 25.7 Å². The lowest BCUT2D eigenvalue weighted by Gasteiger charge is -2.20. The van der Waals surface area contributed by atoms with Crippen LogP contribution >= 0.6 is 0 Å². The minimum Gasteiger partial charge on any atom is -0.312 e. The number of anilines is 2. The van der Waals surface area contributed by atoms with E-state index in [1.54, 1.807) is 17.0 Å². The van der Waals surface area contributed by atoms with Gasteiger partial charge in [-0.05, 0) is 25.0 Å². The van der Waals surface area contributed by atoms with Crippen molar-refractivity contribution in [3.8, 4) is 0 Å². The van der Waals surface area contributed by atoms with E-state index in [0.29, 0.717) is 43.7 Å². The van der Waals surface area contributed by atoms with Crippen molar-refractivity contribution in [3.63, 3.8) is 0 Å². The summed E-state index contributed by atoms with van der Waals surface area (Å²) in [4.78, 5) is 37.4. The van der Waals surface area contributed by atoms with Crippen LogP contribution < -0.4 is 9.80 Å². The first kappa shape index (κ1) is 13.5. The third-order valence-corrected chi connectivity index (χ3v) is 3.90. The monoisotopic (exact) mass is 289 g/mol. The minimum absolute atomic E-state index is 0.0163. The van der Waals surface area contributed by atoms with Crippen LogP contribution in [0.25, 0.3) is 0 Å². The quantitative estimate of drug-likeness (QED) is 0.628. The van der Waals surface area contributed by atoms with Crippen LogP contribution in [0.3, 0.4) is 0 Å². The highest BCUT2D eigenvalue weighted by Gasteiger charge is 2.30. The molecule has 0 aliphatic carbocycles. The normalized spacial score (nSPS) is 18.7. The van der Waals surface area contributed by atoms with Crippen LogP contribution in [0.4, 0.5) is 17.1 Å². The van der Waals surface area contributed by atoms with E-state index in [9.17, 15) is 19.7 Å². The molecule has 2 aliphatic rings. The number of carbonyl (C=O) groups excluding carboxylic acids is 2. The van der Waals surface area contributed by atoms with Crippen LogP contribution in [-0.2, 0) is 9.59 Å². The number of nitro groups is 1. The second kappa shape index (κ2) is 5.16. The van der Waals surface area contributed by atoms with Crippen molar-refractivity contribution >= 4 is 28.9 Å². The van der Waals surface area contributed by atoms with Crippen molar-refractivity contribution in [2.75, 3.05) is 22.9 Å². The molecule has 1 aromatic rings. The fourth-order valence-electron chi connectivity index (χ4n) is 2.87. The lowest BCUT2D eigenvalue weighted by Crippen LogP contribution is -2.27. The smallest absolute Gasteiger partial charge is 0.293 e. The predicted octanol–water partition coefficient (Wildman–Crippen LogP) is 1.85. The second-order valence-electron chi connectivity index (χ2n) is 5.23. The van der Waals surface area contributed by atoms with Gasteiger partial charge in [-0.25, -0.2) is 0 Å². The van der Waals surface area contributed by atoms with E-state index in [2.05, 4.69) is 0 Å². The number of carbonyl (C=O) groups is 2. The molecule has 0 aromatic heterocycles. The van der Waals surface area contributed by atoms with Gasteiger partial charge in [0.2, 0.25) is 11.8 Å². The summed E-state index contributed by atoms with van der Waals surface area (Å²) in [5.74, 6) is -0.0921. The molecule has 3 rings (SSSR count). The first-order valence-electron chi connectivity index (χ1n) is 6.97. The number of hydrogen-bond acceptors (Lipinski definition) is 4. The first-order chi connectivity index (χ1) is 10.1. The molecule has 0 N–H and O–H groups in total. The SMILES string of the molecule is O=C1CCCN1c1ccc([N+](=O)[O-])c(N2CCCC2=O)c1. The maximum Gasteiger partial charge on any atom is 0.293 e. The molecule has 2 heterocycles. The highest BCUT2D eigenvalue weighted by atomic mass is 16.6. The van der Waals surface area contributed by atoms with E-state index in [1.807, 2.05) is 0 Å². The van der Waals surface area contributed by atoms with Crippen LogP contribution in [0.2, 0.25) is 0 Å². The van der Waals surface area contributed by atoms with E-state index >= 15 is 0 Å². The van der Waals surface area contributed by atoms with E-state index in [0.717, 1.165) is 6.42 Å². The number of hydrogen-bond donors (Lipinski definition) is 0. The number of benzene rings is 1. The summed E-state index contributed by atoms with van der Waals surface area (Å²) in [5, 5.41) is 11.2. The summed E-state index contributed by atoms with van der Waals surface area (Å²) < 4.78 is 0. The molecule has 0 saturated carbocycles. The Morgan fingerprint density at radius 2 is 1.62 bits per heavy atom. The summed E-state index contributed by atoms with van der Waals surface area (Å²) in [6, 6.07) is 4.54. The zero-order valence-electron chi connectivity index (χ0n) is 11.4. The highest BCUT2D eigenvalue weighted by molar-refractivity contribution is 6.00. The van der Waals surface area contributed by atoms with Gasteiger partial charge in [-0.15, -0.1) is 0 Å². The Bertz CT molecular complexity index is 629. The first-order valence-corrected chi connectivity index (χ1v) is 6.97. The Balaban J connectivity index is 2.04. The third kappa shape index (κ3) is 2.35. The van der Waals surface area contributed by atoms with Crippen molar-refractivity contribution in [1.82, 2.24) is 0 Å². The molecule has 2 saturated heterocycles. The molecular weight excluding hydrogens is 274 g/mol. The summed E-state index contributed by atoms with van der Waals surface area (Å²) in [5.41, 5.74) is 0.818. The van der Waals surface area contributed by atoms with E-state index in [4.69, 9.17) is 0 Å². The number of nitro benzene ring substituents is 1. The average molecular weight is 289 g/mol. The van der Waals surface area contributed by atoms with Crippen LogP contribution in [0.5, 0.6) is 0 Å². The minimum atomic E-state index is -0.490. The zero-order valence-corrected chi connectivity index (χ0v) is 11.4. The predicted molar refractivity (Wildman–Crippen MR) is 76.3 cm³/mol. The fraction of sp³-hybridized carbons (Fsp3) is 0.429. The average Bonchev–Trinajstić information content (AvgIpc) is 3.06. The van der Waals surface area contributed by atoms with Gasteiger partial charge in [-0.3, -0.25) is 19.7 Å². The molecule has 0 bridgehead atoms. The van der Waals surface area contributed by atoms with E-state index in [1.165, 1.54) is 11.0 Å². The molecule has 2 aliphatic heterocycles. The van der Waals surface area contributed by atoms with Gasteiger partial charge in [-0.2, -0.15) is 0 Å². The van der Waals surface area contributed by atoms with E-state index < -0.39 is 4.92 Å². The Morgan fingerprint density at radius 1 is 1.00 bits per heavy atom. The maximum absolute atomic E-state index is 11.9. The molecule has 21 heavy (non-hydrogen) atoms. The Morgan fingerprint density at radius 3 is 2.14 bits per heavy atom.